The Labute approximate surface area is 122 Å². The van der Waals surface area contributed by atoms with Gasteiger partial charge in [0.1, 0.15) is 5.75 Å². The molecular formula is C16H16N2O3. The highest BCUT2D eigenvalue weighted by molar-refractivity contribution is 5.83. The van der Waals surface area contributed by atoms with Crippen molar-refractivity contribution in [3.63, 3.8) is 0 Å². The van der Waals surface area contributed by atoms with Gasteiger partial charge in [-0.3, -0.25) is 15.1 Å². The molecule has 0 amide bonds. The fourth-order valence-corrected chi connectivity index (χ4v) is 1.98. The summed E-state index contributed by atoms with van der Waals surface area (Å²) in [7, 11) is 0. The second kappa shape index (κ2) is 6.17. The van der Waals surface area contributed by atoms with Crippen molar-refractivity contribution >= 4 is 17.6 Å². The Morgan fingerprint density at radius 3 is 2.43 bits per heavy atom. The molecule has 21 heavy (non-hydrogen) atoms. The zero-order valence-electron chi connectivity index (χ0n) is 11.9. The van der Waals surface area contributed by atoms with Gasteiger partial charge in [0.2, 0.25) is 0 Å². The number of benzene rings is 2. The standard InChI is InChI=1S/C16H16N2O3/c1-11(2)15-8-3-12(9-16(15)18(20)21)10-17-13-4-6-14(19)7-5-13/h3-11,19H,1-2H3. The molecule has 0 spiro atoms. The average Bonchev–Trinajstić information content (AvgIpc) is 2.46. The molecule has 2 aromatic carbocycles. The molecule has 5 heteroatoms. The van der Waals surface area contributed by atoms with Crippen molar-refractivity contribution in [2.45, 2.75) is 19.8 Å². The van der Waals surface area contributed by atoms with Crippen LogP contribution in [0.3, 0.4) is 0 Å². The topological polar surface area (TPSA) is 75.7 Å². The fourth-order valence-electron chi connectivity index (χ4n) is 1.98. The average molecular weight is 284 g/mol. The van der Waals surface area contributed by atoms with E-state index in [1.165, 1.54) is 18.2 Å². The second-order valence-electron chi connectivity index (χ2n) is 5.00. The summed E-state index contributed by atoms with van der Waals surface area (Å²) in [5.74, 6) is 0.263. The van der Waals surface area contributed by atoms with E-state index in [1.54, 1.807) is 24.4 Å². The lowest BCUT2D eigenvalue weighted by atomic mass is 9.99. The summed E-state index contributed by atoms with van der Waals surface area (Å²) in [4.78, 5) is 15.0. The molecule has 0 aliphatic heterocycles. The quantitative estimate of drug-likeness (QED) is 0.520. The number of rotatable bonds is 4. The number of phenols is 1. The van der Waals surface area contributed by atoms with Crippen LogP contribution in [0.15, 0.2) is 47.5 Å². The first-order valence-electron chi connectivity index (χ1n) is 6.59. The first kappa shape index (κ1) is 14.7. The molecule has 2 rings (SSSR count). The lowest BCUT2D eigenvalue weighted by Crippen LogP contribution is -1.98. The van der Waals surface area contributed by atoms with Gasteiger partial charge in [-0.2, -0.15) is 0 Å². The van der Waals surface area contributed by atoms with Gasteiger partial charge in [-0.25, -0.2) is 0 Å². The predicted octanol–water partition coefficient (Wildman–Crippen LogP) is 4.17. The number of aliphatic imine (C=N–C) groups is 1. The molecule has 5 nitrogen and oxygen atoms in total. The Bertz CT molecular complexity index is 676. The first-order chi connectivity index (χ1) is 9.97. The molecule has 0 radical (unpaired) electrons. The zero-order chi connectivity index (χ0) is 15.4. The van der Waals surface area contributed by atoms with Crippen molar-refractivity contribution in [2.75, 3.05) is 0 Å². The van der Waals surface area contributed by atoms with Crippen LogP contribution in [0.4, 0.5) is 11.4 Å². The highest BCUT2D eigenvalue weighted by Crippen LogP contribution is 2.27. The Morgan fingerprint density at radius 2 is 1.86 bits per heavy atom. The molecule has 0 unspecified atom stereocenters. The highest BCUT2D eigenvalue weighted by atomic mass is 16.6. The first-order valence-corrected chi connectivity index (χ1v) is 6.59. The van der Waals surface area contributed by atoms with Crippen LogP contribution in [0.5, 0.6) is 5.75 Å². The molecule has 2 aromatic rings. The van der Waals surface area contributed by atoms with E-state index in [4.69, 9.17) is 0 Å². The molecule has 108 valence electrons. The van der Waals surface area contributed by atoms with Gasteiger partial charge >= 0.3 is 0 Å². The van der Waals surface area contributed by atoms with Crippen molar-refractivity contribution in [2.24, 2.45) is 4.99 Å². The van der Waals surface area contributed by atoms with Crippen molar-refractivity contribution in [1.29, 1.82) is 0 Å². The largest absolute Gasteiger partial charge is 0.508 e. The van der Waals surface area contributed by atoms with E-state index in [-0.39, 0.29) is 22.3 Å². The van der Waals surface area contributed by atoms with Crippen LogP contribution in [-0.2, 0) is 0 Å². The fraction of sp³-hybridized carbons (Fsp3) is 0.188. The van der Waals surface area contributed by atoms with Crippen LogP contribution in [0.1, 0.15) is 30.9 Å². The van der Waals surface area contributed by atoms with Crippen LogP contribution in [-0.4, -0.2) is 16.2 Å². The van der Waals surface area contributed by atoms with Crippen LogP contribution < -0.4 is 0 Å². The van der Waals surface area contributed by atoms with Crippen LogP contribution >= 0.6 is 0 Å². The summed E-state index contributed by atoms with van der Waals surface area (Å²) in [6.45, 7) is 3.85. The van der Waals surface area contributed by atoms with Gasteiger partial charge < -0.3 is 5.11 Å². The smallest absolute Gasteiger partial charge is 0.273 e. The van der Waals surface area contributed by atoms with Gasteiger partial charge in [-0.05, 0) is 35.7 Å². The van der Waals surface area contributed by atoms with Gasteiger partial charge in [0.15, 0.2) is 0 Å². The van der Waals surface area contributed by atoms with Crippen LogP contribution in [0.25, 0.3) is 0 Å². The third-order valence-electron chi connectivity index (χ3n) is 3.09. The number of nitro groups is 1. The Balaban J connectivity index is 2.30. The third-order valence-corrected chi connectivity index (χ3v) is 3.09. The van der Waals surface area contributed by atoms with E-state index in [1.807, 2.05) is 19.9 Å². The highest BCUT2D eigenvalue weighted by Gasteiger charge is 2.16. The van der Waals surface area contributed by atoms with E-state index in [9.17, 15) is 15.2 Å². The predicted molar refractivity (Wildman–Crippen MR) is 82.5 cm³/mol. The second-order valence-corrected chi connectivity index (χ2v) is 5.00. The molecule has 0 atom stereocenters. The van der Waals surface area contributed by atoms with Crippen LogP contribution in [0.2, 0.25) is 0 Å². The minimum atomic E-state index is -0.368. The van der Waals surface area contributed by atoms with E-state index >= 15 is 0 Å². The Morgan fingerprint density at radius 1 is 1.19 bits per heavy atom. The van der Waals surface area contributed by atoms with E-state index in [0.29, 0.717) is 16.8 Å². The molecule has 0 aliphatic rings. The van der Waals surface area contributed by atoms with Gasteiger partial charge in [0.05, 0.1) is 10.6 Å². The number of hydrogen-bond donors (Lipinski definition) is 1. The molecule has 0 heterocycles. The maximum atomic E-state index is 11.1. The molecule has 0 aliphatic carbocycles. The molecule has 0 saturated carbocycles. The van der Waals surface area contributed by atoms with Crippen molar-refractivity contribution in [3.8, 4) is 5.75 Å². The molecule has 1 N–H and O–H groups in total. The zero-order valence-corrected chi connectivity index (χ0v) is 11.9. The van der Waals surface area contributed by atoms with Gasteiger partial charge in [-0.15, -0.1) is 0 Å². The third kappa shape index (κ3) is 3.66. The molecule has 0 bridgehead atoms. The maximum absolute atomic E-state index is 11.1. The number of hydrogen-bond acceptors (Lipinski definition) is 4. The molecular weight excluding hydrogens is 268 g/mol. The van der Waals surface area contributed by atoms with Gasteiger partial charge in [0, 0.05) is 17.8 Å². The lowest BCUT2D eigenvalue weighted by Gasteiger charge is -2.06. The van der Waals surface area contributed by atoms with Crippen molar-refractivity contribution < 1.29 is 10.0 Å². The maximum Gasteiger partial charge on any atom is 0.273 e. The minimum absolute atomic E-state index is 0.0912. The Kier molecular flexibility index (Phi) is 4.33. The summed E-state index contributed by atoms with van der Waals surface area (Å²) in [5.41, 5.74) is 2.16. The summed E-state index contributed by atoms with van der Waals surface area (Å²) in [6, 6.07) is 11.5. The number of phenolic OH excluding ortho intramolecular Hbond substituents is 1. The minimum Gasteiger partial charge on any atom is -0.508 e. The van der Waals surface area contributed by atoms with E-state index in [2.05, 4.69) is 4.99 Å². The lowest BCUT2D eigenvalue weighted by molar-refractivity contribution is -0.385. The summed E-state index contributed by atoms with van der Waals surface area (Å²) in [5, 5.41) is 20.3. The van der Waals surface area contributed by atoms with Gasteiger partial charge in [-0.1, -0.05) is 26.0 Å². The summed E-state index contributed by atoms with van der Waals surface area (Å²) >= 11 is 0. The SMILES string of the molecule is CC(C)c1ccc(C=Nc2ccc(O)cc2)cc1[N+](=O)[O-]. The summed E-state index contributed by atoms with van der Waals surface area (Å²) < 4.78 is 0. The monoisotopic (exact) mass is 284 g/mol. The van der Waals surface area contributed by atoms with Gasteiger partial charge in [0.25, 0.3) is 5.69 Å². The van der Waals surface area contributed by atoms with Crippen LogP contribution in [0, 0.1) is 10.1 Å². The van der Waals surface area contributed by atoms with Crippen molar-refractivity contribution in [3.05, 3.63) is 63.7 Å². The van der Waals surface area contributed by atoms with Crippen molar-refractivity contribution in [1.82, 2.24) is 0 Å². The normalized spacial score (nSPS) is 11.2. The Hall–Kier alpha value is -2.69. The molecule has 0 aromatic heterocycles. The molecule has 0 fully saturated rings. The van der Waals surface area contributed by atoms with E-state index < -0.39 is 0 Å². The van der Waals surface area contributed by atoms with E-state index in [0.717, 1.165) is 0 Å². The number of aromatic hydroxyl groups is 1. The number of nitrogens with zero attached hydrogens (tertiary/aromatic N) is 2. The number of nitro benzene ring substituents is 1. The molecule has 0 saturated heterocycles. The summed E-state index contributed by atoms with van der Waals surface area (Å²) in [6.07, 6.45) is 1.57.